The third-order valence-corrected chi connectivity index (χ3v) is 4.10. The maximum Gasteiger partial charge on any atom is 0.140 e. The standard InChI is InChI=1S/C17H18FN3O/c1-20-6-2-3-16(20)17-12-22-8-7-21(17)11-13-4-5-15(18)14(9-13)10-19/h2-6,9,17H,7-8,11-12H2,1H3/t17-/m0/s1. The number of hydrogen-bond donors (Lipinski definition) is 0. The number of morpholine rings is 1. The summed E-state index contributed by atoms with van der Waals surface area (Å²) in [4.78, 5) is 2.31. The summed E-state index contributed by atoms with van der Waals surface area (Å²) in [5.74, 6) is -0.466. The quantitative estimate of drug-likeness (QED) is 0.875. The van der Waals surface area contributed by atoms with Crippen molar-refractivity contribution in [2.45, 2.75) is 12.6 Å². The van der Waals surface area contributed by atoms with Crippen molar-refractivity contribution < 1.29 is 9.13 Å². The maximum atomic E-state index is 13.4. The number of aromatic nitrogens is 1. The first-order valence-corrected chi connectivity index (χ1v) is 7.30. The fraction of sp³-hybridized carbons (Fsp3) is 0.353. The van der Waals surface area contributed by atoms with Crippen LogP contribution in [0.4, 0.5) is 4.39 Å². The Labute approximate surface area is 129 Å². The van der Waals surface area contributed by atoms with Crippen LogP contribution in [0, 0.1) is 17.1 Å². The molecule has 114 valence electrons. The third kappa shape index (κ3) is 2.89. The molecule has 4 nitrogen and oxygen atoms in total. The molecule has 5 heteroatoms. The molecule has 1 aliphatic heterocycles. The second-order valence-corrected chi connectivity index (χ2v) is 5.53. The van der Waals surface area contributed by atoms with E-state index in [4.69, 9.17) is 10.00 Å². The van der Waals surface area contributed by atoms with Crippen LogP contribution in [-0.2, 0) is 18.3 Å². The van der Waals surface area contributed by atoms with Gasteiger partial charge in [0.2, 0.25) is 0 Å². The Bertz CT molecular complexity index is 704. The molecule has 0 radical (unpaired) electrons. The van der Waals surface area contributed by atoms with Gasteiger partial charge in [0.15, 0.2) is 0 Å². The van der Waals surface area contributed by atoms with Crippen molar-refractivity contribution in [1.82, 2.24) is 9.47 Å². The largest absolute Gasteiger partial charge is 0.378 e. The minimum atomic E-state index is -0.466. The van der Waals surface area contributed by atoms with E-state index in [0.717, 1.165) is 12.1 Å². The fourth-order valence-electron chi connectivity index (χ4n) is 2.91. The summed E-state index contributed by atoms with van der Waals surface area (Å²) < 4.78 is 21.2. The SMILES string of the molecule is Cn1cccc1[C@@H]1COCCN1Cc1ccc(F)c(C#N)c1. The smallest absolute Gasteiger partial charge is 0.140 e. The zero-order valence-electron chi connectivity index (χ0n) is 12.5. The zero-order chi connectivity index (χ0) is 15.5. The number of rotatable bonds is 3. The highest BCUT2D eigenvalue weighted by molar-refractivity contribution is 5.34. The minimum Gasteiger partial charge on any atom is -0.378 e. The van der Waals surface area contributed by atoms with Gasteiger partial charge in [-0.1, -0.05) is 6.07 Å². The van der Waals surface area contributed by atoms with Gasteiger partial charge in [0.25, 0.3) is 0 Å². The van der Waals surface area contributed by atoms with Gasteiger partial charge in [-0.25, -0.2) is 4.39 Å². The van der Waals surface area contributed by atoms with Gasteiger partial charge < -0.3 is 9.30 Å². The Hall–Kier alpha value is -2.16. The summed E-state index contributed by atoms with van der Waals surface area (Å²) in [6.07, 6.45) is 2.02. The molecule has 2 heterocycles. The van der Waals surface area contributed by atoms with Crippen molar-refractivity contribution in [2.24, 2.45) is 7.05 Å². The molecule has 1 aromatic heterocycles. The molecule has 1 fully saturated rings. The van der Waals surface area contributed by atoms with E-state index >= 15 is 0 Å². The van der Waals surface area contributed by atoms with Crippen molar-refractivity contribution in [3.63, 3.8) is 0 Å². The molecule has 0 amide bonds. The van der Waals surface area contributed by atoms with E-state index in [0.29, 0.717) is 19.8 Å². The molecule has 0 saturated carbocycles. The van der Waals surface area contributed by atoms with Gasteiger partial charge in [-0.2, -0.15) is 5.26 Å². The topological polar surface area (TPSA) is 41.2 Å². The monoisotopic (exact) mass is 299 g/mol. The lowest BCUT2D eigenvalue weighted by Crippen LogP contribution is -2.39. The Morgan fingerprint density at radius 1 is 1.41 bits per heavy atom. The molecular weight excluding hydrogens is 281 g/mol. The molecule has 1 atom stereocenters. The predicted molar refractivity (Wildman–Crippen MR) is 80.5 cm³/mol. The van der Waals surface area contributed by atoms with Crippen LogP contribution in [0.5, 0.6) is 0 Å². The van der Waals surface area contributed by atoms with Gasteiger partial charge >= 0.3 is 0 Å². The first-order valence-electron chi connectivity index (χ1n) is 7.30. The lowest BCUT2D eigenvalue weighted by atomic mass is 10.1. The Morgan fingerprint density at radius 2 is 2.27 bits per heavy atom. The maximum absolute atomic E-state index is 13.4. The van der Waals surface area contributed by atoms with Crippen LogP contribution in [0.2, 0.25) is 0 Å². The number of hydrogen-bond acceptors (Lipinski definition) is 3. The Kier molecular flexibility index (Phi) is 4.23. The molecule has 3 rings (SSSR count). The van der Waals surface area contributed by atoms with Crippen molar-refractivity contribution in [1.29, 1.82) is 5.26 Å². The van der Waals surface area contributed by atoms with Gasteiger partial charge in [0.1, 0.15) is 11.9 Å². The van der Waals surface area contributed by atoms with Crippen molar-refractivity contribution in [3.8, 4) is 6.07 Å². The molecule has 1 aromatic carbocycles. The third-order valence-electron chi connectivity index (χ3n) is 4.10. The first kappa shape index (κ1) is 14.8. The number of nitrogens with zero attached hydrogens (tertiary/aromatic N) is 3. The van der Waals surface area contributed by atoms with Crippen LogP contribution in [0.3, 0.4) is 0 Å². The lowest BCUT2D eigenvalue weighted by molar-refractivity contribution is -0.0152. The minimum absolute atomic E-state index is 0.0983. The average Bonchev–Trinajstić information content (AvgIpc) is 2.96. The van der Waals surface area contributed by atoms with E-state index in [1.54, 1.807) is 12.1 Å². The summed E-state index contributed by atoms with van der Waals surface area (Å²) in [6, 6.07) is 10.9. The normalized spacial score (nSPS) is 19.0. The Morgan fingerprint density at radius 3 is 3.00 bits per heavy atom. The second kappa shape index (κ2) is 6.30. The van der Waals surface area contributed by atoms with Crippen LogP contribution in [0.25, 0.3) is 0 Å². The van der Waals surface area contributed by atoms with E-state index in [9.17, 15) is 4.39 Å². The van der Waals surface area contributed by atoms with Crippen molar-refractivity contribution in [3.05, 3.63) is 59.2 Å². The molecule has 0 aliphatic carbocycles. The first-order chi connectivity index (χ1) is 10.7. The number of aryl methyl sites for hydroxylation is 1. The van der Waals surface area contributed by atoms with E-state index in [1.165, 1.54) is 11.8 Å². The summed E-state index contributed by atoms with van der Waals surface area (Å²) in [5.41, 5.74) is 2.24. The molecule has 2 aromatic rings. The highest BCUT2D eigenvalue weighted by atomic mass is 19.1. The van der Waals surface area contributed by atoms with E-state index in [2.05, 4.69) is 15.5 Å². The molecule has 22 heavy (non-hydrogen) atoms. The summed E-state index contributed by atoms with van der Waals surface area (Å²) in [7, 11) is 2.02. The highest BCUT2D eigenvalue weighted by Crippen LogP contribution is 2.26. The molecule has 0 unspecified atom stereocenters. The van der Waals surface area contributed by atoms with Crippen LogP contribution in [0.15, 0.2) is 36.5 Å². The van der Waals surface area contributed by atoms with Gasteiger partial charge in [0, 0.05) is 32.0 Å². The number of ether oxygens (including phenoxy) is 1. The molecular formula is C17H18FN3O. The molecule has 0 bridgehead atoms. The van der Waals surface area contributed by atoms with Gasteiger partial charge in [-0.15, -0.1) is 0 Å². The van der Waals surface area contributed by atoms with Gasteiger partial charge in [0.05, 0.1) is 24.8 Å². The van der Waals surface area contributed by atoms with E-state index in [1.807, 2.05) is 25.4 Å². The number of benzene rings is 1. The van der Waals surface area contributed by atoms with Gasteiger partial charge in [-0.05, 0) is 29.8 Å². The van der Waals surface area contributed by atoms with Crippen LogP contribution < -0.4 is 0 Å². The van der Waals surface area contributed by atoms with Crippen molar-refractivity contribution in [2.75, 3.05) is 19.8 Å². The van der Waals surface area contributed by atoms with Crippen LogP contribution in [-0.4, -0.2) is 29.2 Å². The molecule has 0 N–H and O–H groups in total. The second-order valence-electron chi connectivity index (χ2n) is 5.53. The van der Waals surface area contributed by atoms with Crippen LogP contribution >= 0.6 is 0 Å². The summed E-state index contributed by atoms with van der Waals surface area (Å²) >= 11 is 0. The van der Waals surface area contributed by atoms with Gasteiger partial charge in [-0.3, -0.25) is 4.90 Å². The average molecular weight is 299 g/mol. The van der Waals surface area contributed by atoms with E-state index < -0.39 is 5.82 Å². The number of nitriles is 1. The molecule has 1 saturated heterocycles. The van der Waals surface area contributed by atoms with E-state index in [-0.39, 0.29) is 11.6 Å². The predicted octanol–water partition coefficient (Wildman–Crippen LogP) is 2.61. The summed E-state index contributed by atoms with van der Waals surface area (Å²) in [6.45, 7) is 2.82. The summed E-state index contributed by atoms with van der Waals surface area (Å²) in [5, 5.41) is 8.96. The molecule has 1 aliphatic rings. The Balaban J connectivity index is 1.83. The van der Waals surface area contributed by atoms with Crippen molar-refractivity contribution >= 4 is 0 Å². The number of halogens is 1. The molecule has 0 spiro atoms. The highest BCUT2D eigenvalue weighted by Gasteiger charge is 2.26. The lowest BCUT2D eigenvalue weighted by Gasteiger charge is -2.36. The fourth-order valence-corrected chi connectivity index (χ4v) is 2.91. The van der Waals surface area contributed by atoms with Crippen LogP contribution in [0.1, 0.15) is 22.9 Å². The zero-order valence-corrected chi connectivity index (χ0v) is 12.5.